The molecule has 0 aromatic carbocycles. The fourth-order valence-corrected chi connectivity index (χ4v) is 5.28. The van der Waals surface area contributed by atoms with E-state index < -0.39 is 0 Å². The summed E-state index contributed by atoms with van der Waals surface area (Å²) in [6.07, 6.45) is 23.2. The highest BCUT2D eigenvalue weighted by molar-refractivity contribution is 9.04. The van der Waals surface area contributed by atoms with Crippen LogP contribution in [0.4, 0.5) is 0 Å². The van der Waals surface area contributed by atoms with E-state index in [0.29, 0.717) is 13.1 Å². The molecule has 1 aromatic rings. The zero-order valence-electron chi connectivity index (χ0n) is 26.0. The van der Waals surface area contributed by atoms with Crippen molar-refractivity contribution in [3.63, 3.8) is 0 Å². The molecule has 0 spiro atoms. The summed E-state index contributed by atoms with van der Waals surface area (Å²) in [6.45, 7) is 13.2. The van der Waals surface area contributed by atoms with Crippen LogP contribution >= 0.6 is 16.1 Å². The summed E-state index contributed by atoms with van der Waals surface area (Å²) < 4.78 is 6.14. The van der Waals surface area contributed by atoms with Crippen LogP contribution in [-0.2, 0) is 27.5 Å². The number of aryl methyl sites for hydroxylation is 2. The summed E-state index contributed by atoms with van der Waals surface area (Å²) in [6, 6.07) is 0. The van der Waals surface area contributed by atoms with Gasteiger partial charge in [0.1, 0.15) is 12.4 Å². The first kappa shape index (κ1) is 35.2. The van der Waals surface area contributed by atoms with E-state index in [1.807, 2.05) is 57.3 Å². The molecule has 234 valence electrons. The Hall–Kier alpha value is -2.95. The number of unbranched alkanes of at least 4 members (excludes halogenated alkanes) is 6. The minimum absolute atomic E-state index is 0.0977. The molecule has 1 fully saturated rings. The van der Waals surface area contributed by atoms with E-state index in [2.05, 4.69) is 41.1 Å². The van der Waals surface area contributed by atoms with Crippen molar-refractivity contribution in [1.29, 1.82) is 0 Å². The smallest absolute Gasteiger partial charge is 0.249 e. The summed E-state index contributed by atoms with van der Waals surface area (Å²) in [4.78, 5) is 45.6. The van der Waals surface area contributed by atoms with E-state index in [0.717, 1.165) is 25.9 Å². The van der Waals surface area contributed by atoms with Crippen molar-refractivity contribution >= 4 is 40.2 Å². The lowest BCUT2D eigenvalue weighted by molar-refractivity contribution is -0.696. The predicted molar refractivity (Wildman–Crippen MR) is 169 cm³/mol. The molecule has 0 unspecified atom stereocenters. The Kier molecular flexibility index (Phi) is 16.8. The number of amides is 3. The molecule has 2 rings (SSSR count). The molecule has 10 nitrogen and oxygen atoms in total. The van der Waals surface area contributed by atoms with E-state index in [1.54, 1.807) is 9.80 Å². The van der Waals surface area contributed by atoms with Gasteiger partial charge in [0, 0.05) is 0 Å². The van der Waals surface area contributed by atoms with Crippen molar-refractivity contribution in [2.45, 2.75) is 98.1 Å². The van der Waals surface area contributed by atoms with Crippen molar-refractivity contribution in [2.24, 2.45) is 0 Å². The summed E-state index contributed by atoms with van der Waals surface area (Å²) >= 11 is 3.60. The normalized spacial score (nSPS) is 14.1. The van der Waals surface area contributed by atoms with Gasteiger partial charge in [-0.2, -0.15) is 3.60 Å². The molecule has 0 radical (unpaired) electrons. The van der Waals surface area contributed by atoms with Crippen LogP contribution in [0.3, 0.4) is 0 Å². The van der Waals surface area contributed by atoms with Crippen LogP contribution in [0.15, 0.2) is 43.7 Å². The largest absolute Gasteiger partial charge is 0.307 e. The van der Waals surface area contributed by atoms with Crippen molar-refractivity contribution in [3.8, 4) is 0 Å². The third-order valence-electron chi connectivity index (χ3n) is 7.24. The zero-order chi connectivity index (χ0) is 30.7. The summed E-state index contributed by atoms with van der Waals surface area (Å²) in [5.74, 6) is -0.517. The van der Waals surface area contributed by atoms with Crippen LogP contribution in [0.1, 0.15) is 85.0 Å². The van der Waals surface area contributed by atoms with Gasteiger partial charge in [0.2, 0.25) is 30.4 Å². The second kappa shape index (κ2) is 20.0. The van der Waals surface area contributed by atoms with Crippen molar-refractivity contribution < 1.29 is 22.6 Å². The average molecular weight is 651 g/mol. The van der Waals surface area contributed by atoms with Crippen LogP contribution in [0.2, 0.25) is 0 Å². The number of hydrogen-bond donors (Lipinski definition) is 0. The Morgan fingerprint density at radius 1 is 0.952 bits per heavy atom. The van der Waals surface area contributed by atoms with E-state index in [1.165, 1.54) is 49.5 Å². The van der Waals surface area contributed by atoms with E-state index in [9.17, 15) is 14.4 Å². The first-order valence-corrected chi connectivity index (χ1v) is 16.2. The van der Waals surface area contributed by atoms with Crippen LogP contribution in [0.25, 0.3) is 0 Å². The van der Waals surface area contributed by atoms with Crippen LogP contribution in [0, 0.1) is 0 Å². The second-order valence-corrected chi connectivity index (χ2v) is 11.8. The predicted octanol–water partition coefficient (Wildman–Crippen LogP) is 4.46. The molecule has 0 bridgehead atoms. The van der Waals surface area contributed by atoms with E-state index in [-0.39, 0.29) is 50.6 Å². The van der Waals surface area contributed by atoms with Crippen LogP contribution in [0.5, 0.6) is 0 Å². The molecule has 1 aromatic heterocycles. The molecule has 3 amide bonds. The first-order valence-electron chi connectivity index (χ1n) is 15.5. The Morgan fingerprint density at radius 3 is 2.24 bits per heavy atom. The molecule has 0 N–H and O–H groups in total. The number of carbonyl (C=O) groups is 3. The number of allylic oxidation sites excluding steroid dienone is 1. The van der Waals surface area contributed by atoms with Gasteiger partial charge in [-0.15, -0.1) is 0 Å². The number of halogens is 1. The van der Waals surface area contributed by atoms with Crippen molar-refractivity contribution in [1.82, 2.24) is 24.2 Å². The SMILES string of the molecule is C=CC(=O)N1CN(C(=O)CCN(/C=C\C)/C=[N+](\Br)CCCCCC)CN(C(=O)CCn2cc[n+](CCCCCC)c2)C1. The highest BCUT2D eigenvalue weighted by Crippen LogP contribution is 2.13. The maximum atomic E-state index is 13.3. The second-order valence-electron chi connectivity index (χ2n) is 10.8. The van der Waals surface area contributed by atoms with Gasteiger partial charge in [0.15, 0.2) is 16.1 Å². The third kappa shape index (κ3) is 12.9. The maximum Gasteiger partial charge on any atom is 0.249 e. The topological polar surface area (TPSA) is 76.0 Å². The van der Waals surface area contributed by atoms with E-state index in [4.69, 9.17) is 0 Å². The molecule has 0 saturated carbocycles. The molecule has 1 saturated heterocycles. The van der Waals surface area contributed by atoms with Gasteiger partial charge < -0.3 is 14.7 Å². The highest BCUT2D eigenvalue weighted by Gasteiger charge is 2.31. The fraction of sp³-hybridized carbons (Fsp3) is 0.645. The van der Waals surface area contributed by atoms with Gasteiger partial charge in [-0.05, 0) is 44.8 Å². The number of hydrogen-bond acceptors (Lipinski definition) is 3. The van der Waals surface area contributed by atoms with Gasteiger partial charge in [-0.1, -0.05) is 46.1 Å². The van der Waals surface area contributed by atoms with E-state index >= 15 is 0 Å². The van der Waals surface area contributed by atoms with Crippen molar-refractivity contribution in [2.75, 3.05) is 33.1 Å². The summed E-state index contributed by atoms with van der Waals surface area (Å²) in [7, 11) is 0. The third-order valence-corrected chi connectivity index (χ3v) is 7.78. The van der Waals surface area contributed by atoms with Gasteiger partial charge in [0.05, 0.1) is 65.2 Å². The fourth-order valence-electron chi connectivity index (χ4n) is 4.80. The first-order chi connectivity index (χ1) is 20.3. The minimum Gasteiger partial charge on any atom is -0.307 e. The Balaban J connectivity index is 1.96. The quantitative estimate of drug-likeness (QED) is 0.0554. The van der Waals surface area contributed by atoms with Gasteiger partial charge in [0.25, 0.3) is 0 Å². The number of imidazole rings is 1. The number of nitrogens with zero attached hydrogens (tertiary/aromatic N) is 7. The average Bonchev–Trinajstić information content (AvgIpc) is 3.46. The monoisotopic (exact) mass is 649 g/mol. The Labute approximate surface area is 261 Å². The van der Waals surface area contributed by atoms with Gasteiger partial charge in [-0.25, -0.2) is 14.0 Å². The molecule has 42 heavy (non-hydrogen) atoms. The molecule has 1 aliphatic heterocycles. The standard InChI is InChI=1S/C31H52BrN7O3/c1-5-9-11-13-18-34-22-23-35(24-34)21-16-31(42)38-27-36(29(40)8-4)26-37(28-38)30(41)15-20-33(17-7-3)25-39(32)19-14-12-10-6-2/h7-8,17,22-25H,4-6,9-16,18-21,26-28H2,1-3H3/q+2/b17-7-. The molecule has 1 aliphatic rings. The summed E-state index contributed by atoms with van der Waals surface area (Å²) in [5, 5.41) is 0. The maximum absolute atomic E-state index is 13.3. The van der Waals surface area contributed by atoms with Crippen LogP contribution in [-0.4, -0.2) is 84.9 Å². The van der Waals surface area contributed by atoms with Crippen molar-refractivity contribution in [3.05, 3.63) is 43.7 Å². The molecular formula is C31H52BrN7O3+2. The molecular weight excluding hydrogens is 598 g/mol. The molecule has 2 heterocycles. The Morgan fingerprint density at radius 2 is 1.60 bits per heavy atom. The molecule has 11 heteroatoms. The van der Waals surface area contributed by atoms with Gasteiger partial charge in [-0.3, -0.25) is 14.4 Å². The van der Waals surface area contributed by atoms with Gasteiger partial charge >= 0.3 is 0 Å². The number of carbonyl (C=O) groups excluding carboxylic acids is 3. The highest BCUT2D eigenvalue weighted by atomic mass is 79.9. The molecule has 0 aliphatic carbocycles. The molecule has 0 atom stereocenters. The number of aromatic nitrogens is 2. The minimum atomic E-state index is -0.304. The van der Waals surface area contributed by atoms with Crippen LogP contribution < -0.4 is 4.57 Å². The summed E-state index contributed by atoms with van der Waals surface area (Å²) in [5.41, 5.74) is 0. The lowest BCUT2D eigenvalue weighted by Crippen LogP contribution is -2.59. The lowest BCUT2D eigenvalue weighted by Gasteiger charge is -2.42. The number of rotatable bonds is 19. The Bertz CT molecular complexity index is 1060. The zero-order valence-corrected chi connectivity index (χ0v) is 27.6. The lowest BCUT2D eigenvalue weighted by atomic mass is 10.2.